The van der Waals surface area contributed by atoms with Crippen LogP contribution < -0.4 is 5.73 Å². The first-order valence-corrected chi connectivity index (χ1v) is 4.29. The first-order valence-electron chi connectivity index (χ1n) is 4.29. The van der Waals surface area contributed by atoms with Crippen molar-refractivity contribution < 1.29 is 0 Å². The Bertz CT molecular complexity index is 256. The summed E-state index contributed by atoms with van der Waals surface area (Å²) in [5.74, 6) is 0.479. The smallest absolute Gasteiger partial charge is 0.0375 e. The van der Waals surface area contributed by atoms with Gasteiger partial charge in [-0.15, -0.1) is 0 Å². The summed E-state index contributed by atoms with van der Waals surface area (Å²) in [5, 5.41) is 0. The van der Waals surface area contributed by atoms with Crippen molar-refractivity contribution in [1.82, 2.24) is 4.98 Å². The maximum absolute atomic E-state index is 5.98. The second-order valence-corrected chi connectivity index (χ2v) is 3.50. The highest BCUT2D eigenvalue weighted by molar-refractivity contribution is 5.19. The molecule has 0 aliphatic heterocycles. The minimum absolute atomic E-state index is 0.131. The molecule has 1 unspecified atom stereocenters. The molecule has 0 aliphatic carbocycles. The zero-order valence-corrected chi connectivity index (χ0v) is 7.91. The molecule has 0 aromatic carbocycles. The van der Waals surface area contributed by atoms with Crippen molar-refractivity contribution in [3.05, 3.63) is 29.6 Å². The van der Waals surface area contributed by atoms with Gasteiger partial charge in [-0.05, 0) is 30.5 Å². The quantitative estimate of drug-likeness (QED) is 0.726. The number of rotatable bonds is 2. The zero-order chi connectivity index (χ0) is 9.14. The molecule has 1 rings (SSSR count). The van der Waals surface area contributed by atoms with Gasteiger partial charge in [0.15, 0.2) is 0 Å². The fraction of sp³-hybridized carbons (Fsp3) is 0.500. The third-order valence-corrected chi connectivity index (χ3v) is 2.02. The van der Waals surface area contributed by atoms with Crippen LogP contribution >= 0.6 is 0 Å². The number of nitrogens with zero attached hydrogens (tertiary/aromatic N) is 1. The maximum atomic E-state index is 5.98. The van der Waals surface area contributed by atoms with Gasteiger partial charge in [-0.1, -0.05) is 13.8 Å². The van der Waals surface area contributed by atoms with Crippen LogP contribution in [0.15, 0.2) is 18.3 Å². The topological polar surface area (TPSA) is 38.9 Å². The molecule has 0 radical (unpaired) electrons. The minimum atomic E-state index is 0.131. The largest absolute Gasteiger partial charge is 0.324 e. The lowest BCUT2D eigenvalue weighted by Crippen LogP contribution is -2.16. The third-order valence-electron chi connectivity index (χ3n) is 2.02. The van der Waals surface area contributed by atoms with Gasteiger partial charge in [0.25, 0.3) is 0 Å². The van der Waals surface area contributed by atoms with E-state index in [0.29, 0.717) is 5.92 Å². The Morgan fingerprint density at radius 2 is 2.08 bits per heavy atom. The number of hydrogen-bond donors (Lipinski definition) is 1. The highest BCUT2D eigenvalue weighted by Crippen LogP contribution is 2.18. The Kier molecular flexibility index (Phi) is 2.82. The summed E-state index contributed by atoms with van der Waals surface area (Å²) in [7, 11) is 0. The van der Waals surface area contributed by atoms with E-state index in [2.05, 4.69) is 18.8 Å². The van der Waals surface area contributed by atoms with E-state index in [-0.39, 0.29) is 6.04 Å². The number of pyridine rings is 1. The summed E-state index contributed by atoms with van der Waals surface area (Å²) in [4.78, 5) is 4.13. The van der Waals surface area contributed by atoms with Gasteiger partial charge in [0, 0.05) is 17.9 Å². The SMILES string of the molecule is Cc1cc(C(N)C(C)C)ccn1. The molecule has 0 fully saturated rings. The molecule has 1 aromatic heterocycles. The van der Waals surface area contributed by atoms with Gasteiger partial charge >= 0.3 is 0 Å². The number of aryl methyl sites for hydroxylation is 1. The molecule has 0 bridgehead atoms. The summed E-state index contributed by atoms with van der Waals surface area (Å²) < 4.78 is 0. The van der Waals surface area contributed by atoms with Crippen LogP contribution in [0.4, 0.5) is 0 Å². The van der Waals surface area contributed by atoms with E-state index in [9.17, 15) is 0 Å². The molecule has 12 heavy (non-hydrogen) atoms. The molecule has 2 nitrogen and oxygen atoms in total. The molecule has 1 aromatic rings. The first kappa shape index (κ1) is 9.20. The summed E-state index contributed by atoms with van der Waals surface area (Å²) in [6, 6.07) is 4.16. The van der Waals surface area contributed by atoms with Gasteiger partial charge in [-0.2, -0.15) is 0 Å². The average molecular weight is 164 g/mol. The van der Waals surface area contributed by atoms with Crippen LogP contribution in [0.5, 0.6) is 0 Å². The van der Waals surface area contributed by atoms with E-state index in [0.717, 1.165) is 5.69 Å². The summed E-state index contributed by atoms with van der Waals surface area (Å²) in [6.07, 6.45) is 1.81. The second-order valence-electron chi connectivity index (χ2n) is 3.50. The van der Waals surface area contributed by atoms with Crippen LogP contribution in [0, 0.1) is 12.8 Å². The van der Waals surface area contributed by atoms with Crippen molar-refractivity contribution in [1.29, 1.82) is 0 Å². The molecule has 2 heteroatoms. The molecule has 0 aliphatic rings. The predicted molar refractivity (Wildman–Crippen MR) is 50.7 cm³/mol. The van der Waals surface area contributed by atoms with E-state index in [1.807, 2.05) is 25.3 Å². The lowest BCUT2D eigenvalue weighted by Gasteiger charge is -2.15. The van der Waals surface area contributed by atoms with Crippen molar-refractivity contribution in [2.24, 2.45) is 11.7 Å². The zero-order valence-electron chi connectivity index (χ0n) is 7.91. The molecule has 1 atom stereocenters. The van der Waals surface area contributed by atoms with E-state index in [1.165, 1.54) is 5.56 Å². The normalized spacial score (nSPS) is 13.4. The highest BCUT2D eigenvalue weighted by Gasteiger charge is 2.09. The Hall–Kier alpha value is -0.890. The number of aromatic nitrogens is 1. The van der Waals surface area contributed by atoms with Crippen molar-refractivity contribution >= 4 is 0 Å². The van der Waals surface area contributed by atoms with Gasteiger partial charge in [-0.3, -0.25) is 4.98 Å². The van der Waals surface area contributed by atoms with Crippen LogP contribution in [-0.2, 0) is 0 Å². The standard InChI is InChI=1S/C10H16N2/c1-7(2)10(11)9-4-5-12-8(3)6-9/h4-7,10H,11H2,1-3H3. The van der Waals surface area contributed by atoms with Gasteiger partial charge in [0.05, 0.1) is 0 Å². The lowest BCUT2D eigenvalue weighted by atomic mass is 9.97. The van der Waals surface area contributed by atoms with E-state index in [4.69, 9.17) is 5.73 Å². The summed E-state index contributed by atoms with van der Waals surface area (Å²) in [5.41, 5.74) is 8.19. The van der Waals surface area contributed by atoms with Gasteiger partial charge < -0.3 is 5.73 Å². The van der Waals surface area contributed by atoms with E-state index in [1.54, 1.807) is 0 Å². The fourth-order valence-electron chi connectivity index (χ4n) is 1.16. The minimum Gasteiger partial charge on any atom is -0.324 e. The fourth-order valence-corrected chi connectivity index (χ4v) is 1.16. The molecule has 1 heterocycles. The molecule has 66 valence electrons. The Labute approximate surface area is 73.8 Å². The lowest BCUT2D eigenvalue weighted by molar-refractivity contribution is 0.513. The first-order chi connectivity index (χ1) is 5.61. The van der Waals surface area contributed by atoms with Crippen LogP contribution in [0.2, 0.25) is 0 Å². The van der Waals surface area contributed by atoms with Crippen molar-refractivity contribution in [2.45, 2.75) is 26.8 Å². The van der Waals surface area contributed by atoms with Crippen LogP contribution in [-0.4, -0.2) is 4.98 Å². The Morgan fingerprint density at radius 1 is 1.42 bits per heavy atom. The van der Waals surface area contributed by atoms with Gasteiger partial charge in [-0.25, -0.2) is 0 Å². The van der Waals surface area contributed by atoms with Gasteiger partial charge in [0.2, 0.25) is 0 Å². The van der Waals surface area contributed by atoms with Crippen molar-refractivity contribution in [2.75, 3.05) is 0 Å². The molecular formula is C10H16N2. The number of nitrogens with two attached hydrogens (primary N) is 1. The Balaban J connectivity index is 2.88. The summed E-state index contributed by atoms with van der Waals surface area (Å²) >= 11 is 0. The predicted octanol–water partition coefficient (Wildman–Crippen LogP) is 2.05. The van der Waals surface area contributed by atoms with Crippen LogP contribution in [0.3, 0.4) is 0 Å². The second kappa shape index (κ2) is 3.68. The third kappa shape index (κ3) is 2.05. The molecular weight excluding hydrogens is 148 g/mol. The summed E-state index contributed by atoms with van der Waals surface area (Å²) in [6.45, 7) is 6.23. The number of hydrogen-bond acceptors (Lipinski definition) is 2. The van der Waals surface area contributed by atoms with Gasteiger partial charge in [0.1, 0.15) is 0 Å². The highest BCUT2D eigenvalue weighted by atomic mass is 14.7. The van der Waals surface area contributed by atoms with Crippen LogP contribution in [0.1, 0.15) is 31.1 Å². The molecule has 0 amide bonds. The molecule has 0 saturated carbocycles. The van der Waals surface area contributed by atoms with E-state index >= 15 is 0 Å². The molecule has 0 saturated heterocycles. The van der Waals surface area contributed by atoms with Crippen molar-refractivity contribution in [3.63, 3.8) is 0 Å². The molecule has 0 spiro atoms. The van der Waals surface area contributed by atoms with E-state index < -0.39 is 0 Å². The average Bonchev–Trinajstić information content (AvgIpc) is 2.03. The van der Waals surface area contributed by atoms with Crippen LogP contribution in [0.25, 0.3) is 0 Å². The molecule has 2 N–H and O–H groups in total. The Morgan fingerprint density at radius 3 is 2.58 bits per heavy atom. The maximum Gasteiger partial charge on any atom is 0.0375 e. The van der Waals surface area contributed by atoms with Crippen molar-refractivity contribution in [3.8, 4) is 0 Å². The monoisotopic (exact) mass is 164 g/mol.